The molecular weight excluding hydrogens is 893 g/mol. The summed E-state index contributed by atoms with van der Waals surface area (Å²) in [6, 6.07) is 1.05. The van der Waals surface area contributed by atoms with Gasteiger partial charge in [0.2, 0.25) is 41.4 Å². The van der Waals surface area contributed by atoms with Gasteiger partial charge in [-0.1, -0.05) is 71.9 Å². The van der Waals surface area contributed by atoms with Crippen molar-refractivity contribution in [2.45, 2.75) is 126 Å². The molecule has 364 valence electrons. The second-order valence-corrected chi connectivity index (χ2v) is 19.2. The van der Waals surface area contributed by atoms with E-state index in [1.54, 1.807) is 30.3 Å². The zero-order valence-corrected chi connectivity index (χ0v) is 39.0. The molecule has 3 aliphatic rings. The molecule has 3 fully saturated rings. The summed E-state index contributed by atoms with van der Waals surface area (Å²) in [5.41, 5.74) is 27.9. The Hall–Kier alpha value is -5.78. The van der Waals surface area contributed by atoms with Gasteiger partial charge < -0.3 is 65.5 Å². The molecule has 22 nitrogen and oxygen atoms in total. The Kier molecular flexibility index (Phi) is 21.6. The summed E-state index contributed by atoms with van der Waals surface area (Å²) in [6.07, 6.45) is 6.50. The van der Waals surface area contributed by atoms with Crippen LogP contribution in [0.1, 0.15) is 94.3 Å². The Labute approximate surface area is 392 Å². The number of nitrogens with two attached hydrogens (primary N) is 5. The lowest BCUT2D eigenvalue weighted by Gasteiger charge is -2.30. The van der Waals surface area contributed by atoms with Crippen molar-refractivity contribution in [3.8, 4) is 0 Å². The Morgan fingerprint density at radius 1 is 0.727 bits per heavy atom. The summed E-state index contributed by atoms with van der Waals surface area (Å²) in [6.45, 7) is 2.03. The number of nitrogens with zero attached hydrogens (tertiary/aromatic N) is 3. The molecule has 8 amide bonds. The van der Waals surface area contributed by atoms with Crippen molar-refractivity contribution >= 4 is 80.8 Å². The summed E-state index contributed by atoms with van der Waals surface area (Å²) in [4.78, 5) is 117. The van der Waals surface area contributed by atoms with Crippen LogP contribution in [0.5, 0.6) is 0 Å². The van der Waals surface area contributed by atoms with Crippen molar-refractivity contribution in [2.75, 3.05) is 31.1 Å². The van der Waals surface area contributed by atoms with Gasteiger partial charge >= 0.3 is 0 Å². The van der Waals surface area contributed by atoms with Crippen molar-refractivity contribution < 1.29 is 38.4 Å². The maximum atomic E-state index is 14.1. The lowest BCUT2D eigenvalue weighted by molar-refractivity contribution is -0.135. The van der Waals surface area contributed by atoms with E-state index in [0.717, 1.165) is 32.1 Å². The van der Waals surface area contributed by atoms with Crippen molar-refractivity contribution in [2.24, 2.45) is 44.6 Å². The van der Waals surface area contributed by atoms with E-state index in [4.69, 9.17) is 28.7 Å². The molecule has 0 spiro atoms. The van der Waals surface area contributed by atoms with Gasteiger partial charge in [0.15, 0.2) is 11.9 Å². The van der Waals surface area contributed by atoms with Crippen LogP contribution >= 0.6 is 21.6 Å². The predicted octanol–water partition coefficient (Wildman–Crippen LogP) is -1.82. The Morgan fingerprint density at radius 2 is 1.32 bits per heavy atom. The molecule has 2 aliphatic heterocycles. The summed E-state index contributed by atoms with van der Waals surface area (Å²) in [5.74, 6) is -4.63. The molecule has 1 aromatic rings. The Balaban J connectivity index is 1.48. The fraction of sp³-hybridized carbons (Fsp3) is 0.619. The number of hydrogen-bond donors (Lipinski definition) is 11. The Morgan fingerprint density at radius 3 is 1.94 bits per heavy atom. The molecule has 1 aromatic carbocycles. The molecule has 16 N–H and O–H groups in total. The highest BCUT2D eigenvalue weighted by Crippen LogP contribution is 2.28. The second-order valence-electron chi connectivity index (χ2n) is 16.7. The first-order chi connectivity index (χ1) is 31.5. The van der Waals surface area contributed by atoms with Crippen LogP contribution in [0.2, 0.25) is 0 Å². The molecule has 24 heteroatoms. The number of aliphatic imine (C=N–C) groups is 2. The average Bonchev–Trinajstić information content (AvgIpc) is 3.78. The number of amides is 8. The molecule has 0 unspecified atom stereocenters. The van der Waals surface area contributed by atoms with Crippen LogP contribution in [0.15, 0.2) is 40.3 Å². The van der Waals surface area contributed by atoms with E-state index in [1.165, 1.54) is 33.4 Å². The SMILES string of the molecule is C[C@H](NC(=O)[C@@H](CCCN=C(N)N)NC(=O)[C@@H](CCCN=C(N)N)NC(=O)[C@@H]1CCCN1C(=O)c1ccccc1)C(=O)N[C@@H](CC1CCCCC1)C(=O)N[C@H]1CSSC[C@@H](C(N)=O)NC1=O. The lowest BCUT2D eigenvalue weighted by atomic mass is 9.84. The van der Waals surface area contributed by atoms with Crippen LogP contribution in [-0.2, 0) is 33.6 Å². The number of nitrogens with one attached hydrogen (secondary N) is 6. The topological polar surface area (TPSA) is 367 Å². The number of benzene rings is 1. The third-order valence-corrected chi connectivity index (χ3v) is 13.9. The first-order valence-electron chi connectivity index (χ1n) is 22.4. The number of primary amides is 1. The molecular formula is C42H66N14O8S2. The third-order valence-electron chi connectivity index (χ3n) is 11.5. The van der Waals surface area contributed by atoms with Crippen molar-refractivity contribution in [3.05, 3.63) is 35.9 Å². The normalized spacial score (nSPS) is 20.6. The van der Waals surface area contributed by atoms with E-state index < -0.39 is 83.6 Å². The minimum Gasteiger partial charge on any atom is -0.370 e. The summed E-state index contributed by atoms with van der Waals surface area (Å²) >= 11 is 0. The van der Waals surface area contributed by atoms with Gasteiger partial charge in [-0.05, 0) is 69.9 Å². The zero-order valence-electron chi connectivity index (χ0n) is 37.3. The molecule has 2 saturated heterocycles. The maximum Gasteiger partial charge on any atom is 0.254 e. The van der Waals surface area contributed by atoms with Crippen molar-refractivity contribution in [1.29, 1.82) is 0 Å². The van der Waals surface area contributed by atoms with Gasteiger partial charge in [-0.25, -0.2) is 0 Å². The smallest absolute Gasteiger partial charge is 0.254 e. The highest BCUT2D eigenvalue weighted by Gasteiger charge is 2.38. The molecule has 0 bridgehead atoms. The van der Waals surface area contributed by atoms with Gasteiger partial charge in [0.05, 0.1) is 0 Å². The molecule has 4 rings (SSSR count). The van der Waals surface area contributed by atoms with Crippen molar-refractivity contribution in [3.63, 3.8) is 0 Å². The zero-order chi connectivity index (χ0) is 48.2. The molecule has 1 aliphatic carbocycles. The molecule has 0 aromatic heterocycles. The Bertz CT molecular complexity index is 1910. The van der Waals surface area contributed by atoms with E-state index in [1.807, 2.05) is 0 Å². The number of likely N-dealkylation sites (tertiary alicyclic amines) is 1. The van der Waals surface area contributed by atoms with Gasteiger partial charge in [-0.15, -0.1) is 0 Å². The number of carbonyl (C=O) groups is 8. The quantitative estimate of drug-likeness (QED) is 0.0264. The maximum absolute atomic E-state index is 14.1. The number of carbonyl (C=O) groups excluding carboxylic acids is 8. The lowest BCUT2D eigenvalue weighted by Crippen LogP contribution is -2.60. The van der Waals surface area contributed by atoms with Gasteiger partial charge in [0, 0.05) is 36.7 Å². The average molecular weight is 959 g/mol. The molecule has 1 saturated carbocycles. The molecule has 66 heavy (non-hydrogen) atoms. The van der Waals surface area contributed by atoms with Gasteiger partial charge in [-0.3, -0.25) is 48.3 Å². The largest absolute Gasteiger partial charge is 0.370 e. The fourth-order valence-corrected chi connectivity index (χ4v) is 10.3. The van der Waals surface area contributed by atoms with Crippen LogP contribution in [0.3, 0.4) is 0 Å². The highest BCUT2D eigenvalue weighted by molar-refractivity contribution is 8.76. The summed E-state index contributed by atoms with van der Waals surface area (Å²) in [5, 5.41) is 16.3. The third kappa shape index (κ3) is 17.2. The minimum atomic E-state index is -1.25. The van der Waals surface area contributed by atoms with E-state index >= 15 is 0 Å². The van der Waals surface area contributed by atoms with Crippen LogP contribution in [-0.4, -0.2) is 138 Å². The number of hydrogen-bond acceptors (Lipinski definition) is 12. The van der Waals surface area contributed by atoms with Crippen LogP contribution in [0.4, 0.5) is 0 Å². The number of rotatable bonds is 22. The van der Waals surface area contributed by atoms with Crippen molar-refractivity contribution in [1.82, 2.24) is 36.8 Å². The molecule has 2 heterocycles. The van der Waals surface area contributed by atoms with Gasteiger partial charge in [-0.2, -0.15) is 0 Å². The van der Waals surface area contributed by atoms with Gasteiger partial charge in [0.25, 0.3) is 5.91 Å². The van der Waals surface area contributed by atoms with E-state index in [9.17, 15) is 38.4 Å². The summed E-state index contributed by atoms with van der Waals surface area (Å²) < 4.78 is 0. The predicted molar refractivity (Wildman–Crippen MR) is 253 cm³/mol. The summed E-state index contributed by atoms with van der Waals surface area (Å²) in [7, 11) is 2.64. The van der Waals surface area contributed by atoms with Crippen LogP contribution in [0, 0.1) is 5.92 Å². The van der Waals surface area contributed by atoms with E-state index in [0.29, 0.717) is 24.9 Å². The number of guanidine groups is 2. The van der Waals surface area contributed by atoms with Crippen LogP contribution in [0.25, 0.3) is 0 Å². The fourth-order valence-electron chi connectivity index (χ4n) is 7.93. The molecule has 0 radical (unpaired) electrons. The highest BCUT2D eigenvalue weighted by atomic mass is 33.1. The van der Waals surface area contributed by atoms with Crippen LogP contribution < -0.4 is 60.6 Å². The van der Waals surface area contributed by atoms with E-state index in [2.05, 4.69) is 41.9 Å². The molecule has 7 atom stereocenters. The second kappa shape index (κ2) is 27.0. The van der Waals surface area contributed by atoms with E-state index in [-0.39, 0.29) is 80.4 Å². The standard InChI is InChI=1S/C42H66N14O8S2/c1-24(34(58)53-29(21-25-11-4-2-5-12-25)37(61)55-31-23-66-65-22-30(33(43)57)54-38(31)62)50-35(59)27(15-8-18-48-41(44)45)51-36(60)28(16-9-19-49-42(46)47)52-39(63)32-17-10-20-56(32)40(64)26-13-6-3-7-14-26/h3,6-7,13-14,24-25,27-32H,2,4-5,8-12,15-23H2,1H3,(H2,43,57)(H,50,59)(H,51,60)(H,52,63)(H,53,58)(H,54,62)(H,55,61)(H4,44,45,48)(H4,46,47,49)/t24-,27+,28+,29-,30-,31-,32-/m0/s1. The first kappa shape index (κ1) is 52.8. The monoisotopic (exact) mass is 958 g/mol. The minimum absolute atomic E-state index is 0.0163. The van der Waals surface area contributed by atoms with Gasteiger partial charge in [0.1, 0.15) is 42.3 Å². The first-order valence-corrected chi connectivity index (χ1v) is 24.9.